The van der Waals surface area contributed by atoms with E-state index in [9.17, 15) is 0 Å². The monoisotopic (exact) mass is 359 g/mol. The van der Waals surface area contributed by atoms with Crippen molar-refractivity contribution in [3.63, 3.8) is 0 Å². The number of nitrogens with zero attached hydrogens (tertiary/aromatic N) is 3. The van der Waals surface area contributed by atoms with Gasteiger partial charge in [0.15, 0.2) is 0 Å². The van der Waals surface area contributed by atoms with E-state index in [1.807, 2.05) is 13.8 Å². The summed E-state index contributed by atoms with van der Waals surface area (Å²) in [5.41, 5.74) is 0.424. The summed E-state index contributed by atoms with van der Waals surface area (Å²) in [7, 11) is 1.07. The standard InChI is InChI=1S/C11H25N2P.C7H15N.C2H6/c1-5-12-6-8-13(9-7-12)11(2,3)10-14-4;1-2-8-6-4-3-5-7-8;1-2/h14H,5-10H2,1-4H3;2-7H2,1H3;1-2H3. The van der Waals surface area contributed by atoms with Crippen molar-refractivity contribution < 1.29 is 0 Å². The zero-order valence-electron chi connectivity index (χ0n) is 17.8. The molecular weight excluding hydrogens is 313 g/mol. The van der Waals surface area contributed by atoms with E-state index < -0.39 is 0 Å². The Balaban J connectivity index is 0.000000447. The van der Waals surface area contributed by atoms with Gasteiger partial charge in [-0.05, 0) is 65.7 Å². The zero-order valence-corrected chi connectivity index (χ0v) is 18.8. The molecule has 2 saturated heterocycles. The number of likely N-dealkylation sites (N-methyl/N-ethyl adjacent to an activating group) is 1. The van der Waals surface area contributed by atoms with Crippen LogP contribution in [-0.2, 0) is 0 Å². The van der Waals surface area contributed by atoms with Gasteiger partial charge >= 0.3 is 0 Å². The van der Waals surface area contributed by atoms with Crippen molar-refractivity contribution in [3.05, 3.63) is 0 Å². The minimum atomic E-state index is 0.424. The van der Waals surface area contributed by atoms with Crippen LogP contribution in [0.15, 0.2) is 0 Å². The maximum atomic E-state index is 2.66. The molecule has 2 aliphatic heterocycles. The molecule has 2 rings (SSSR count). The third-order valence-electron chi connectivity index (χ3n) is 5.18. The third kappa shape index (κ3) is 9.70. The maximum absolute atomic E-state index is 2.66. The highest BCUT2D eigenvalue weighted by atomic mass is 31.1. The Morgan fingerprint density at radius 2 is 1.21 bits per heavy atom. The molecule has 2 fully saturated rings. The predicted molar refractivity (Wildman–Crippen MR) is 114 cm³/mol. The minimum absolute atomic E-state index is 0.424. The lowest BCUT2D eigenvalue weighted by Crippen LogP contribution is -2.55. The predicted octanol–water partition coefficient (Wildman–Crippen LogP) is 4.23. The summed E-state index contributed by atoms with van der Waals surface area (Å²) in [6, 6.07) is 0. The second-order valence-electron chi connectivity index (χ2n) is 7.26. The highest BCUT2D eigenvalue weighted by Crippen LogP contribution is 2.23. The van der Waals surface area contributed by atoms with Crippen LogP contribution in [0.3, 0.4) is 0 Å². The molecule has 1 atom stereocenters. The molecule has 0 saturated carbocycles. The number of hydrogen-bond donors (Lipinski definition) is 0. The van der Waals surface area contributed by atoms with Gasteiger partial charge < -0.3 is 9.80 Å². The maximum Gasteiger partial charge on any atom is 0.0190 e. The molecule has 146 valence electrons. The van der Waals surface area contributed by atoms with E-state index in [0.717, 1.165) is 8.58 Å². The molecule has 0 aromatic heterocycles. The van der Waals surface area contributed by atoms with Gasteiger partial charge in [0.1, 0.15) is 0 Å². The lowest BCUT2D eigenvalue weighted by Gasteiger charge is -2.44. The van der Waals surface area contributed by atoms with Crippen molar-refractivity contribution in [2.75, 3.05) is 65.2 Å². The molecule has 0 spiro atoms. The molecule has 0 amide bonds. The number of likely N-dealkylation sites (tertiary alicyclic amines) is 1. The van der Waals surface area contributed by atoms with E-state index in [1.54, 1.807) is 0 Å². The summed E-state index contributed by atoms with van der Waals surface area (Å²) < 4.78 is 0. The van der Waals surface area contributed by atoms with Crippen LogP contribution in [-0.4, -0.2) is 85.4 Å². The van der Waals surface area contributed by atoms with Crippen LogP contribution in [0.2, 0.25) is 0 Å². The van der Waals surface area contributed by atoms with Crippen molar-refractivity contribution in [3.8, 4) is 0 Å². The number of hydrogen-bond acceptors (Lipinski definition) is 3. The molecule has 2 heterocycles. The van der Waals surface area contributed by atoms with Gasteiger partial charge in [-0.1, -0.05) is 34.1 Å². The fourth-order valence-electron chi connectivity index (χ4n) is 3.49. The number of piperidine rings is 1. The zero-order chi connectivity index (χ0) is 18.4. The first-order valence-electron chi connectivity index (χ1n) is 10.4. The summed E-state index contributed by atoms with van der Waals surface area (Å²) in [5, 5.41) is 0. The molecule has 0 radical (unpaired) electrons. The Kier molecular flexibility index (Phi) is 14.7. The lowest BCUT2D eigenvalue weighted by molar-refractivity contribution is 0.0670. The Morgan fingerprint density at radius 3 is 1.58 bits per heavy atom. The summed E-state index contributed by atoms with van der Waals surface area (Å²) in [5.74, 6) is 0. The van der Waals surface area contributed by atoms with Crippen molar-refractivity contribution >= 4 is 8.58 Å². The highest BCUT2D eigenvalue weighted by Gasteiger charge is 2.28. The second kappa shape index (κ2) is 14.5. The van der Waals surface area contributed by atoms with E-state index in [0.29, 0.717) is 5.54 Å². The summed E-state index contributed by atoms with van der Waals surface area (Å²) >= 11 is 0. The molecule has 4 heteroatoms. The molecule has 24 heavy (non-hydrogen) atoms. The van der Waals surface area contributed by atoms with E-state index in [-0.39, 0.29) is 0 Å². The first-order chi connectivity index (χ1) is 11.5. The van der Waals surface area contributed by atoms with Gasteiger partial charge in [0.25, 0.3) is 0 Å². The van der Waals surface area contributed by atoms with E-state index in [4.69, 9.17) is 0 Å². The van der Waals surface area contributed by atoms with Gasteiger partial charge in [-0.3, -0.25) is 4.90 Å². The fraction of sp³-hybridized carbons (Fsp3) is 1.00. The van der Waals surface area contributed by atoms with Crippen LogP contribution >= 0.6 is 8.58 Å². The van der Waals surface area contributed by atoms with Crippen LogP contribution in [0.5, 0.6) is 0 Å². The molecular formula is C20H46N3P. The second-order valence-corrected chi connectivity index (χ2v) is 8.32. The van der Waals surface area contributed by atoms with E-state index >= 15 is 0 Å². The third-order valence-corrected chi connectivity index (χ3v) is 6.40. The van der Waals surface area contributed by atoms with Crippen molar-refractivity contribution in [2.45, 2.75) is 66.3 Å². The first-order valence-corrected chi connectivity index (χ1v) is 12.1. The van der Waals surface area contributed by atoms with Crippen LogP contribution in [0.1, 0.15) is 60.8 Å². The quantitative estimate of drug-likeness (QED) is 0.680. The Labute approximate surface area is 155 Å². The minimum Gasteiger partial charge on any atom is -0.304 e. The molecule has 0 aromatic carbocycles. The topological polar surface area (TPSA) is 9.72 Å². The molecule has 0 aliphatic carbocycles. The Hall–Kier alpha value is 0.310. The van der Waals surface area contributed by atoms with E-state index in [1.165, 1.54) is 77.8 Å². The van der Waals surface area contributed by atoms with Crippen LogP contribution in [0, 0.1) is 0 Å². The normalized spacial score (nSPS) is 21.1. The SMILES string of the molecule is CC.CCN1CCCCC1.CCN1CCN(C(C)(C)CPC)CC1. The summed E-state index contributed by atoms with van der Waals surface area (Å²) in [6.07, 6.45) is 5.65. The van der Waals surface area contributed by atoms with Crippen molar-refractivity contribution in [1.82, 2.24) is 14.7 Å². The molecule has 0 N–H and O–H groups in total. The average molecular weight is 360 g/mol. The van der Waals surface area contributed by atoms with Crippen molar-refractivity contribution in [2.24, 2.45) is 0 Å². The smallest absolute Gasteiger partial charge is 0.0190 e. The molecule has 1 unspecified atom stereocenters. The van der Waals surface area contributed by atoms with Crippen LogP contribution in [0.25, 0.3) is 0 Å². The molecule has 2 aliphatic rings. The first kappa shape index (κ1) is 24.3. The van der Waals surface area contributed by atoms with E-state index in [2.05, 4.69) is 49.1 Å². The summed E-state index contributed by atoms with van der Waals surface area (Å²) in [4.78, 5) is 7.72. The Morgan fingerprint density at radius 1 is 0.750 bits per heavy atom. The number of rotatable bonds is 5. The molecule has 0 aromatic rings. The van der Waals surface area contributed by atoms with Gasteiger partial charge in [-0.25, -0.2) is 0 Å². The van der Waals surface area contributed by atoms with Gasteiger partial charge in [0, 0.05) is 31.7 Å². The fourth-order valence-corrected chi connectivity index (χ4v) is 4.58. The average Bonchev–Trinajstić information content (AvgIpc) is 2.64. The largest absolute Gasteiger partial charge is 0.304 e. The lowest BCUT2D eigenvalue weighted by atomic mass is 10.0. The van der Waals surface area contributed by atoms with Gasteiger partial charge in [0.05, 0.1) is 0 Å². The summed E-state index contributed by atoms with van der Waals surface area (Å²) in [6.45, 7) is 25.8. The van der Waals surface area contributed by atoms with Crippen molar-refractivity contribution in [1.29, 1.82) is 0 Å². The number of piperazine rings is 1. The van der Waals surface area contributed by atoms with Gasteiger partial charge in [-0.2, -0.15) is 0 Å². The Bertz CT molecular complexity index is 270. The van der Waals surface area contributed by atoms with Gasteiger partial charge in [0.2, 0.25) is 0 Å². The van der Waals surface area contributed by atoms with Gasteiger partial charge in [-0.15, -0.1) is 8.58 Å². The highest BCUT2D eigenvalue weighted by molar-refractivity contribution is 7.37. The van der Waals surface area contributed by atoms with Crippen LogP contribution in [0.4, 0.5) is 0 Å². The van der Waals surface area contributed by atoms with Crippen LogP contribution < -0.4 is 0 Å². The molecule has 3 nitrogen and oxygen atoms in total. The molecule has 0 bridgehead atoms.